The molecular formula is C19H21N3O4. The van der Waals surface area contributed by atoms with Gasteiger partial charge < -0.3 is 15.7 Å². The Balaban J connectivity index is 1.96. The fourth-order valence-electron chi connectivity index (χ4n) is 2.15. The zero-order chi connectivity index (χ0) is 19.1. The van der Waals surface area contributed by atoms with Crippen molar-refractivity contribution in [2.45, 2.75) is 26.8 Å². The van der Waals surface area contributed by atoms with Crippen LogP contribution in [-0.2, 0) is 11.3 Å². The van der Waals surface area contributed by atoms with E-state index in [0.29, 0.717) is 5.69 Å². The summed E-state index contributed by atoms with van der Waals surface area (Å²) in [7, 11) is 0. The number of rotatable bonds is 7. The van der Waals surface area contributed by atoms with E-state index >= 15 is 0 Å². The van der Waals surface area contributed by atoms with E-state index in [4.69, 9.17) is 5.11 Å². The number of amides is 2. The molecule has 3 N–H and O–H groups in total. The third-order valence-corrected chi connectivity index (χ3v) is 3.95. The summed E-state index contributed by atoms with van der Waals surface area (Å²) in [6.07, 6.45) is 1.98. The summed E-state index contributed by atoms with van der Waals surface area (Å²) in [5.74, 6) is -1.62. The molecule has 0 aliphatic rings. The second-order valence-electron chi connectivity index (χ2n) is 5.92. The van der Waals surface area contributed by atoms with Crippen molar-refractivity contribution in [2.24, 2.45) is 5.92 Å². The lowest BCUT2D eigenvalue weighted by atomic mass is 10.1. The highest BCUT2D eigenvalue weighted by molar-refractivity contribution is 5.95. The molecule has 0 fully saturated rings. The van der Waals surface area contributed by atoms with Crippen molar-refractivity contribution in [3.05, 3.63) is 59.4 Å². The fourth-order valence-corrected chi connectivity index (χ4v) is 2.15. The molecule has 7 nitrogen and oxygen atoms in total. The number of pyridine rings is 1. The summed E-state index contributed by atoms with van der Waals surface area (Å²) in [6.45, 7) is 4.09. The summed E-state index contributed by atoms with van der Waals surface area (Å²) in [4.78, 5) is 38.6. The first-order valence-corrected chi connectivity index (χ1v) is 8.28. The van der Waals surface area contributed by atoms with Gasteiger partial charge in [-0.05, 0) is 36.2 Å². The molecule has 2 rings (SSSR count). The van der Waals surface area contributed by atoms with E-state index in [1.54, 1.807) is 18.2 Å². The molecule has 2 amide bonds. The molecule has 26 heavy (non-hydrogen) atoms. The Morgan fingerprint density at radius 3 is 2.58 bits per heavy atom. The topological polar surface area (TPSA) is 108 Å². The van der Waals surface area contributed by atoms with E-state index in [1.165, 1.54) is 18.3 Å². The molecule has 0 bridgehead atoms. The predicted molar refractivity (Wildman–Crippen MR) is 96.9 cm³/mol. The molecule has 2 aromatic rings. The highest BCUT2D eigenvalue weighted by Gasteiger charge is 2.11. The molecule has 136 valence electrons. The van der Waals surface area contributed by atoms with Crippen LogP contribution in [0.1, 0.15) is 46.7 Å². The SMILES string of the molecule is CCC(C)C(=O)Nc1cccc(CNC(=O)c2ccc(C(=O)O)nc2)c1. The number of carboxylic acids is 1. The Morgan fingerprint density at radius 1 is 1.19 bits per heavy atom. The highest BCUT2D eigenvalue weighted by atomic mass is 16.4. The van der Waals surface area contributed by atoms with Crippen molar-refractivity contribution in [3.8, 4) is 0 Å². The quantitative estimate of drug-likeness (QED) is 0.707. The maximum Gasteiger partial charge on any atom is 0.354 e. The van der Waals surface area contributed by atoms with Crippen LogP contribution >= 0.6 is 0 Å². The number of aromatic nitrogens is 1. The van der Waals surface area contributed by atoms with Crippen LogP contribution in [0.25, 0.3) is 0 Å². The average Bonchev–Trinajstić information content (AvgIpc) is 2.65. The smallest absolute Gasteiger partial charge is 0.354 e. The Kier molecular flexibility index (Phi) is 6.43. The Hall–Kier alpha value is -3.22. The van der Waals surface area contributed by atoms with Gasteiger partial charge in [-0.15, -0.1) is 0 Å². The van der Waals surface area contributed by atoms with Gasteiger partial charge in [-0.2, -0.15) is 0 Å². The summed E-state index contributed by atoms with van der Waals surface area (Å²) >= 11 is 0. The molecule has 1 aromatic heterocycles. The summed E-state index contributed by atoms with van der Waals surface area (Å²) in [6, 6.07) is 9.92. The lowest BCUT2D eigenvalue weighted by Crippen LogP contribution is -2.23. The van der Waals surface area contributed by atoms with Crippen LogP contribution in [0, 0.1) is 5.92 Å². The first-order valence-electron chi connectivity index (χ1n) is 8.28. The molecule has 0 saturated carbocycles. The average molecular weight is 355 g/mol. The molecule has 0 radical (unpaired) electrons. The highest BCUT2D eigenvalue weighted by Crippen LogP contribution is 2.13. The number of carbonyl (C=O) groups is 3. The molecule has 1 heterocycles. The van der Waals surface area contributed by atoms with E-state index in [-0.39, 0.29) is 35.5 Å². The Morgan fingerprint density at radius 2 is 1.96 bits per heavy atom. The molecular weight excluding hydrogens is 334 g/mol. The Labute approximate surface area is 151 Å². The van der Waals surface area contributed by atoms with Crippen LogP contribution in [0.15, 0.2) is 42.6 Å². The standard InChI is InChI=1S/C19H21N3O4/c1-3-12(2)17(23)22-15-6-4-5-13(9-15)10-21-18(24)14-7-8-16(19(25)26)20-11-14/h4-9,11-12H,3,10H2,1-2H3,(H,21,24)(H,22,23)(H,25,26). The van der Waals surface area contributed by atoms with Gasteiger partial charge in [0, 0.05) is 24.3 Å². The van der Waals surface area contributed by atoms with Gasteiger partial charge in [0.15, 0.2) is 0 Å². The van der Waals surface area contributed by atoms with Crippen LogP contribution in [0.5, 0.6) is 0 Å². The second-order valence-corrected chi connectivity index (χ2v) is 5.92. The zero-order valence-corrected chi connectivity index (χ0v) is 14.7. The van der Waals surface area contributed by atoms with Gasteiger partial charge in [0.2, 0.25) is 5.91 Å². The van der Waals surface area contributed by atoms with Crippen molar-refractivity contribution in [1.82, 2.24) is 10.3 Å². The van der Waals surface area contributed by atoms with Crippen LogP contribution < -0.4 is 10.6 Å². The van der Waals surface area contributed by atoms with Gasteiger partial charge >= 0.3 is 5.97 Å². The number of nitrogens with one attached hydrogen (secondary N) is 2. The van der Waals surface area contributed by atoms with Crippen LogP contribution in [0.2, 0.25) is 0 Å². The molecule has 0 aliphatic carbocycles. The first kappa shape index (κ1) is 19.1. The summed E-state index contributed by atoms with van der Waals surface area (Å²) < 4.78 is 0. The van der Waals surface area contributed by atoms with Crippen molar-refractivity contribution >= 4 is 23.5 Å². The van der Waals surface area contributed by atoms with Gasteiger partial charge in [-0.25, -0.2) is 9.78 Å². The number of aromatic carboxylic acids is 1. The molecule has 1 aromatic carbocycles. The number of carbonyl (C=O) groups excluding carboxylic acids is 2. The third kappa shape index (κ3) is 5.14. The molecule has 0 saturated heterocycles. The third-order valence-electron chi connectivity index (χ3n) is 3.95. The van der Waals surface area contributed by atoms with Gasteiger partial charge in [-0.1, -0.05) is 26.0 Å². The largest absolute Gasteiger partial charge is 0.477 e. The lowest BCUT2D eigenvalue weighted by Gasteiger charge is -2.11. The minimum absolute atomic E-state index is 0.0433. The van der Waals surface area contributed by atoms with Crippen molar-refractivity contribution in [2.75, 3.05) is 5.32 Å². The number of hydrogen-bond donors (Lipinski definition) is 3. The van der Waals surface area contributed by atoms with Gasteiger partial charge in [0.1, 0.15) is 5.69 Å². The predicted octanol–water partition coefficient (Wildman–Crippen LogP) is 2.69. The van der Waals surface area contributed by atoms with E-state index in [1.807, 2.05) is 19.9 Å². The molecule has 1 unspecified atom stereocenters. The fraction of sp³-hybridized carbons (Fsp3) is 0.263. The van der Waals surface area contributed by atoms with E-state index in [9.17, 15) is 14.4 Å². The summed E-state index contributed by atoms with van der Waals surface area (Å²) in [5, 5.41) is 14.4. The Bertz CT molecular complexity index is 803. The van der Waals surface area contributed by atoms with Crippen LogP contribution in [0.3, 0.4) is 0 Å². The van der Waals surface area contributed by atoms with E-state index < -0.39 is 5.97 Å². The second kappa shape index (κ2) is 8.75. The monoisotopic (exact) mass is 355 g/mol. The van der Waals surface area contributed by atoms with E-state index in [0.717, 1.165) is 12.0 Å². The van der Waals surface area contributed by atoms with Gasteiger partial charge in [0.25, 0.3) is 5.91 Å². The molecule has 7 heteroatoms. The zero-order valence-electron chi connectivity index (χ0n) is 14.7. The number of carboxylic acid groups (broad SMARTS) is 1. The number of nitrogens with zero attached hydrogens (tertiary/aromatic N) is 1. The number of anilines is 1. The van der Waals surface area contributed by atoms with Crippen LogP contribution in [-0.4, -0.2) is 27.9 Å². The first-order chi connectivity index (χ1) is 12.4. The maximum absolute atomic E-state index is 12.1. The summed E-state index contributed by atoms with van der Waals surface area (Å²) in [5.41, 5.74) is 1.66. The number of hydrogen-bond acceptors (Lipinski definition) is 4. The van der Waals surface area contributed by atoms with Gasteiger partial charge in [-0.3, -0.25) is 9.59 Å². The van der Waals surface area contributed by atoms with E-state index in [2.05, 4.69) is 15.6 Å². The normalized spacial score (nSPS) is 11.5. The van der Waals surface area contributed by atoms with Crippen molar-refractivity contribution in [3.63, 3.8) is 0 Å². The molecule has 0 aliphatic heterocycles. The van der Waals surface area contributed by atoms with Crippen molar-refractivity contribution < 1.29 is 19.5 Å². The van der Waals surface area contributed by atoms with Crippen molar-refractivity contribution in [1.29, 1.82) is 0 Å². The van der Waals surface area contributed by atoms with Crippen LogP contribution in [0.4, 0.5) is 5.69 Å². The number of benzene rings is 1. The molecule has 0 spiro atoms. The lowest BCUT2D eigenvalue weighted by molar-refractivity contribution is -0.119. The molecule has 1 atom stereocenters. The minimum atomic E-state index is -1.15. The minimum Gasteiger partial charge on any atom is -0.477 e. The van der Waals surface area contributed by atoms with Gasteiger partial charge in [0.05, 0.1) is 5.56 Å². The maximum atomic E-state index is 12.1.